The average molecular weight is 186 g/mol. The number of carbonyl (C=O) groups is 1. The van der Waals surface area contributed by atoms with Gasteiger partial charge in [0.2, 0.25) is 11.9 Å². The minimum Gasteiger partial charge on any atom is -0.293 e. The van der Waals surface area contributed by atoms with E-state index in [0.717, 1.165) is 5.69 Å². The molecule has 0 aliphatic rings. The number of anilines is 1. The normalized spacial score (nSPS) is 9.50. The number of halogens is 1. The van der Waals surface area contributed by atoms with Gasteiger partial charge in [0.15, 0.2) is 0 Å². The van der Waals surface area contributed by atoms with Crippen molar-refractivity contribution >= 4 is 23.5 Å². The fourth-order valence-electron chi connectivity index (χ4n) is 0.667. The Hall–Kier alpha value is -1.16. The van der Waals surface area contributed by atoms with E-state index in [1.807, 2.05) is 6.92 Å². The van der Waals surface area contributed by atoms with Crippen LogP contribution in [0.4, 0.5) is 5.95 Å². The molecule has 0 fully saturated rings. The van der Waals surface area contributed by atoms with Gasteiger partial charge in [-0.15, -0.1) is 11.6 Å². The smallest absolute Gasteiger partial charge is 0.241 e. The molecule has 0 saturated heterocycles. The summed E-state index contributed by atoms with van der Waals surface area (Å²) in [5.74, 6) is -0.0972. The van der Waals surface area contributed by atoms with Crippen LogP contribution in [0.2, 0.25) is 0 Å². The van der Waals surface area contributed by atoms with Crippen molar-refractivity contribution in [3.8, 4) is 0 Å². The van der Waals surface area contributed by atoms with Gasteiger partial charge < -0.3 is 0 Å². The van der Waals surface area contributed by atoms with Crippen LogP contribution in [0.1, 0.15) is 5.69 Å². The van der Waals surface area contributed by atoms with Crippen molar-refractivity contribution in [2.24, 2.45) is 0 Å². The lowest BCUT2D eigenvalue weighted by atomic mass is 10.5. The topological polar surface area (TPSA) is 54.9 Å². The van der Waals surface area contributed by atoms with Crippen LogP contribution in [0, 0.1) is 6.92 Å². The monoisotopic (exact) mass is 185 g/mol. The van der Waals surface area contributed by atoms with Crippen molar-refractivity contribution in [2.75, 3.05) is 11.2 Å². The van der Waals surface area contributed by atoms with Crippen LogP contribution in [0.15, 0.2) is 12.3 Å². The molecule has 0 radical (unpaired) electrons. The number of hydrogen-bond donors (Lipinski definition) is 1. The predicted molar refractivity (Wildman–Crippen MR) is 46.1 cm³/mol. The Kier molecular flexibility index (Phi) is 2.99. The van der Waals surface area contributed by atoms with E-state index in [2.05, 4.69) is 15.3 Å². The van der Waals surface area contributed by atoms with Gasteiger partial charge in [-0.2, -0.15) is 0 Å². The first-order chi connectivity index (χ1) is 5.72. The molecule has 0 aromatic carbocycles. The Morgan fingerprint density at radius 3 is 3.08 bits per heavy atom. The van der Waals surface area contributed by atoms with Gasteiger partial charge >= 0.3 is 0 Å². The van der Waals surface area contributed by atoms with Crippen LogP contribution in [0.25, 0.3) is 0 Å². The SMILES string of the molecule is Cc1ccnc(NC(=O)CCl)n1. The van der Waals surface area contributed by atoms with Gasteiger partial charge in [0, 0.05) is 11.9 Å². The van der Waals surface area contributed by atoms with Crippen LogP contribution < -0.4 is 5.32 Å². The van der Waals surface area contributed by atoms with Crippen molar-refractivity contribution in [2.45, 2.75) is 6.92 Å². The van der Waals surface area contributed by atoms with E-state index >= 15 is 0 Å². The zero-order valence-corrected chi connectivity index (χ0v) is 7.30. The van der Waals surface area contributed by atoms with Crippen LogP contribution in [0.5, 0.6) is 0 Å². The number of hydrogen-bond acceptors (Lipinski definition) is 3. The lowest BCUT2D eigenvalue weighted by Crippen LogP contribution is -2.14. The molecule has 1 N–H and O–H groups in total. The number of aromatic nitrogens is 2. The fourth-order valence-corrected chi connectivity index (χ4v) is 0.734. The maximum atomic E-state index is 10.8. The van der Waals surface area contributed by atoms with E-state index in [1.54, 1.807) is 12.3 Å². The summed E-state index contributed by atoms with van der Waals surface area (Å²) >= 11 is 5.27. The third-order valence-electron chi connectivity index (χ3n) is 1.17. The lowest BCUT2D eigenvalue weighted by Gasteiger charge is -2.00. The first-order valence-electron chi connectivity index (χ1n) is 3.38. The lowest BCUT2D eigenvalue weighted by molar-refractivity contribution is -0.114. The van der Waals surface area contributed by atoms with E-state index in [0.29, 0.717) is 5.95 Å². The summed E-state index contributed by atoms with van der Waals surface area (Å²) in [4.78, 5) is 18.6. The van der Waals surface area contributed by atoms with Crippen LogP contribution >= 0.6 is 11.6 Å². The Labute approximate surface area is 75.0 Å². The highest BCUT2D eigenvalue weighted by Crippen LogP contribution is 1.98. The van der Waals surface area contributed by atoms with Gasteiger partial charge in [-0.1, -0.05) is 0 Å². The highest BCUT2D eigenvalue weighted by Gasteiger charge is 2.01. The van der Waals surface area contributed by atoms with Crippen molar-refractivity contribution in [3.63, 3.8) is 0 Å². The molecule has 0 saturated carbocycles. The predicted octanol–water partition coefficient (Wildman–Crippen LogP) is 0.962. The number of nitrogens with zero attached hydrogens (tertiary/aromatic N) is 2. The van der Waals surface area contributed by atoms with Crippen LogP contribution in [0.3, 0.4) is 0 Å². The second-order valence-corrected chi connectivity index (χ2v) is 2.47. The molecule has 0 spiro atoms. The summed E-state index contributed by atoms with van der Waals surface area (Å²) in [5.41, 5.74) is 0.801. The number of aryl methyl sites for hydroxylation is 1. The van der Waals surface area contributed by atoms with Gasteiger partial charge in [0.05, 0.1) is 0 Å². The van der Waals surface area contributed by atoms with Crippen molar-refractivity contribution in [1.82, 2.24) is 9.97 Å². The molecule has 1 amide bonds. The molecular formula is C7H8ClN3O. The molecule has 1 aromatic heterocycles. The van der Waals surface area contributed by atoms with Gasteiger partial charge in [0.25, 0.3) is 0 Å². The molecule has 4 nitrogen and oxygen atoms in total. The minimum atomic E-state index is -0.303. The quantitative estimate of drug-likeness (QED) is 0.699. The highest BCUT2D eigenvalue weighted by molar-refractivity contribution is 6.28. The second-order valence-electron chi connectivity index (χ2n) is 2.20. The van der Waals surface area contributed by atoms with Gasteiger partial charge in [0.1, 0.15) is 5.88 Å². The van der Waals surface area contributed by atoms with Gasteiger partial charge in [-0.25, -0.2) is 9.97 Å². The summed E-state index contributed by atoms with van der Waals surface area (Å²) in [6, 6.07) is 1.75. The molecule has 0 aliphatic carbocycles. The zero-order valence-electron chi connectivity index (χ0n) is 6.54. The molecule has 1 rings (SSSR count). The summed E-state index contributed by atoms with van der Waals surface area (Å²) in [7, 11) is 0. The fraction of sp³-hybridized carbons (Fsp3) is 0.286. The molecule has 1 heterocycles. The third-order valence-corrected chi connectivity index (χ3v) is 1.41. The number of alkyl halides is 1. The number of nitrogens with one attached hydrogen (secondary N) is 1. The van der Waals surface area contributed by atoms with Gasteiger partial charge in [-0.3, -0.25) is 10.1 Å². The molecule has 0 bridgehead atoms. The molecular weight excluding hydrogens is 178 g/mol. The summed E-state index contributed by atoms with van der Waals surface area (Å²) in [6.07, 6.45) is 1.58. The molecule has 1 aromatic rings. The van der Waals surface area contributed by atoms with Gasteiger partial charge in [-0.05, 0) is 13.0 Å². The first kappa shape index (κ1) is 8.93. The highest BCUT2D eigenvalue weighted by atomic mass is 35.5. The average Bonchev–Trinajstić information content (AvgIpc) is 2.04. The summed E-state index contributed by atoms with van der Waals surface area (Å²) in [6.45, 7) is 1.82. The number of carbonyl (C=O) groups excluding carboxylic acids is 1. The summed E-state index contributed by atoms with van der Waals surface area (Å²) < 4.78 is 0. The molecule has 0 unspecified atom stereocenters. The number of rotatable bonds is 2. The summed E-state index contributed by atoms with van der Waals surface area (Å²) in [5, 5.41) is 2.44. The third kappa shape index (κ3) is 2.47. The van der Waals surface area contributed by atoms with E-state index in [9.17, 15) is 4.79 Å². The zero-order chi connectivity index (χ0) is 8.97. The molecule has 5 heteroatoms. The van der Waals surface area contributed by atoms with E-state index < -0.39 is 0 Å². The molecule has 0 aliphatic heterocycles. The maximum absolute atomic E-state index is 10.8. The van der Waals surface area contributed by atoms with Crippen LogP contribution in [-0.4, -0.2) is 21.8 Å². The Balaban J connectivity index is 2.69. The van der Waals surface area contributed by atoms with Crippen molar-refractivity contribution in [1.29, 1.82) is 0 Å². The molecule has 64 valence electrons. The van der Waals surface area contributed by atoms with E-state index in [-0.39, 0.29) is 11.8 Å². The largest absolute Gasteiger partial charge is 0.293 e. The standard InChI is InChI=1S/C7H8ClN3O/c1-5-2-3-9-7(10-5)11-6(12)4-8/h2-3H,4H2,1H3,(H,9,10,11,12). The Bertz CT molecular complexity index is 290. The van der Waals surface area contributed by atoms with E-state index in [4.69, 9.17) is 11.6 Å². The number of amides is 1. The van der Waals surface area contributed by atoms with Crippen LogP contribution in [-0.2, 0) is 4.79 Å². The second kappa shape index (κ2) is 4.01. The van der Waals surface area contributed by atoms with Crippen molar-refractivity contribution in [3.05, 3.63) is 18.0 Å². The first-order valence-corrected chi connectivity index (χ1v) is 3.91. The maximum Gasteiger partial charge on any atom is 0.241 e. The minimum absolute atomic E-state index is 0.0860. The molecule has 0 atom stereocenters. The molecule has 12 heavy (non-hydrogen) atoms. The Morgan fingerprint density at radius 2 is 2.50 bits per heavy atom. The van der Waals surface area contributed by atoms with Crippen molar-refractivity contribution < 1.29 is 4.79 Å². The van der Waals surface area contributed by atoms with E-state index in [1.165, 1.54) is 0 Å². The Morgan fingerprint density at radius 1 is 1.75 bits per heavy atom.